The van der Waals surface area contributed by atoms with E-state index in [1.165, 1.54) is 11.3 Å². The van der Waals surface area contributed by atoms with Crippen molar-refractivity contribution in [2.24, 2.45) is 5.92 Å². The van der Waals surface area contributed by atoms with Gasteiger partial charge in [0.05, 0.1) is 15.1 Å². The van der Waals surface area contributed by atoms with Gasteiger partial charge in [-0.05, 0) is 74.7 Å². The lowest BCUT2D eigenvalue weighted by atomic mass is 10.0. The van der Waals surface area contributed by atoms with Crippen molar-refractivity contribution in [1.82, 2.24) is 14.2 Å². The molecule has 7 nitrogen and oxygen atoms in total. The fourth-order valence-electron chi connectivity index (χ4n) is 4.55. The SMILES string of the molecule is CCN(CC)CCN(C(=O)c1ccc(S(=O)(=O)N2CCC(C)CC2)cc1)c1nc2c(C)cccc2s1. The van der Waals surface area contributed by atoms with Gasteiger partial charge in [-0.2, -0.15) is 4.31 Å². The van der Waals surface area contributed by atoms with Crippen molar-refractivity contribution in [3.63, 3.8) is 0 Å². The van der Waals surface area contributed by atoms with E-state index in [0.717, 1.165) is 48.3 Å². The number of amides is 1. The molecule has 2 aromatic carbocycles. The first-order valence-electron chi connectivity index (χ1n) is 12.7. The Labute approximate surface area is 218 Å². The van der Waals surface area contributed by atoms with Gasteiger partial charge in [-0.1, -0.05) is 44.2 Å². The number of aryl methyl sites for hydroxylation is 1. The average molecular weight is 529 g/mol. The average Bonchev–Trinajstić information content (AvgIpc) is 3.32. The molecule has 0 radical (unpaired) electrons. The van der Waals surface area contributed by atoms with Gasteiger partial charge in [0, 0.05) is 31.7 Å². The first-order valence-corrected chi connectivity index (χ1v) is 15.0. The summed E-state index contributed by atoms with van der Waals surface area (Å²) in [6.07, 6.45) is 1.75. The Balaban J connectivity index is 1.60. The maximum Gasteiger partial charge on any atom is 0.260 e. The molecule has 1 amide bonds. The minimum atomic E-state index is -3.56. The topological polar surface area (TPSA) is 73.8 Å². The number of piperidine rings is 1. The van der Waals surface area contributed by atoms with Crippen LogP contribution in [-0.4, -0.2) is 67.8 Å². The molecule has 0 unspecified atom stereocenters. The van der Waals surface area contributed by atoms with Crippen LogP contribution < -0.4 is 4.90 Å². The zero-order valence-electron chi connectivity index (χ0n) is 21.6. The Morgan fingerprint density at radius 2 is 1.72 bits per heavy atom. The highest BCUT2D eigenvalue weighted by Gasteiger charge is 2.29. The molecule has 1 aliphatic heterocycles. The van der Waals surface area contributed by atoms with Crippen LogP contribution in [0.1, 0.15) is 49.5 Å². The summed E-state index contributed by atoms with van der Waals surface area (Å²) in [6, 6.07) is 12.4. The largest absolute Gasteiger partial charge is 0.302 e. The Morgan fingerprint density at radius 3 is 2.33 bits per heavy atom. The summed E-state index contributed by atoms with van der Waals surface area (Å²) in [5.74, 6) is 0.375. The van der Waals surface area contributed by atoms with Gasteiger partial charge in [0.2, 0.25) is 10.0 Å². The molecule has 36 heavy (non-hydrogen) atoms. The number of carbonyl (C=O) groups is 1. The molecule has 1 saturated heterocycles. The highest BCUT2D eigenvalue weighted by atomic mass is 32.2. The van der Waals surface area contributed by atoms with Gasteiger partial charge in [-0.25, -0.2) is 13.4 Å². The minimum Gasteiger partial charge on any atom is -0.302 e. The number of anilines is 1. The Kier molecular flexibility index (Phi) is 8.44. The second kappa shape index (κ2) is 11.4. The van der Waals surface area contributed by atoms with Crippen LogP contribution in [0.4, 0.5) is 5.13 Å². The van der Waals surface area contributed by atoms with Crippen molar-refractivity contribution in [2.75, 3.05) is 44.2 Å². The maximum atomic E-state index is 13.7. The minimum absolute atomic E-state index is 0.172. The summed E-state index contributed by atoms with van der Waals surface area (Å²) in [6.45, 7) is 12.5. The van der Waals surface area contributed by atoms with Crippen molar-refractivity contribution >= 4 is 42.6 Å². The van der Waals surface area contributed by atoms with Gasteiger partial charge in [0.1, 0.15) is 0 Å². The third-order valence-corrected chi connectivity index (χ3v) is 10.1. The Hall–Kier alpha value is -2.33. The summed E-state index contributed by atoms with van der Waals surface area (Å²) in [7, 11) is -3.56. The van der Waals surface area contributed by atoms with E-state index in [-0.39, 0.29) is 10.8 Å². The predicted octanol–water partition coefficient (Wildman–Crippen LogP) is 5.01. The molecule has 0 bridgehead atoms. The number of carbonyl (C=O) groups excluding carboxylic acids is 1. The van der Waals surface area contributed by atoms with E-state index in [2.05, 4.69) is 25.7 Å². The lowest BCUT2D eigenvalue weighted by molar-refractivity contribution is 0.0983. The summed E-state index contributed by atoms with van der Waals surface area (Å²) >= 11 is 1.51. The predicted molar refractivity (Wildman–Crippen MR) is 147 cm³/mol. The van der Waals surface area contributed by atoms with Crippen LogP contribution in [0.2, 0.25) is 0 Å². The second-order valence-corrected chi connectivity index (χ2v) is 12.5. The van der Waals surface area contributed by atoms with Gasteiger partial charge in [-0.15, -0.1) is 0 Å². The first-order chi connectivity index (χ1) is 17.2. The van der Waals surface area contributed by atoms with Crippen molar-refractivity contribution in [3.05, 3.63) is 53.6 Å². The van der Waals surface area contributed by atoms with Gasteiger partial charge >= 0.3 is 0 Å². The number of thiazole rings is 1. The van der Waals surface area contributed by atoms with Gasteiger partial charge in [0.15, 0.2) is 5.13 Å². The molecule has 194 valence electrons. The fraction of sp³-hybridized carbons (Fsp3) is 0.481. The van der Waals surface area contributed by atoms with E-state index >= 15 is 0 Å². The third-order valence-electron chi connectivity index (χ3n) is 7.10. The van der Waals surface area contributed by atoms with E-state index in [0.29, 0.717) is 36.2 Å². The van der Waals surface area contributed by atoms with Crippen LogP contribution in [0.3, 0.4) is 0 Å². The normalized spacial score (nSPS) is 15.6. The standard InChI is InChI=1S/C27H36N4O3S2/c1-5-29(6-2)18-19-31(27-28-25-21(4)8-7-9-24(25)35-27)26(32)22-10-12-23(13-11-22)36(33,34)30-16-14-20(3)15-17-30/h7-13,20H,5-6,14-19H2,1-4H3. The Bertz CT molecular complexity index is 1290. The molecule has 1 aliphatic rings. The third kappa shape index (κ3) is 5.64. The van der Waals surface area contributed by atoms with E-state index < -0.39 is 10.0 Å². The molecule has 0 aliphatic carbocycles. The molecule has 2 heterocycles. The summed E-state index contributed by atoms with van der Waals surface area (Å²) in [4.78, 5) is 22.8. The van der Waals surface area contributed by atoms with Crippen LogP contribution in [0.25, 0.3) is 10.2 Å². The van der Waals surface area contributed by atoms with Gasteiger partial charge in [0.25, 0.3) is 5.91 Å². The van der Waals surface area contributed by atoms with Gasteiger partial charge in [-0.3, -0.25) is 9.69 Å². The van der Waals surface area contributed by atoms with Crippen molar-refractivity contribution in [2.45, 2.75) is 45.4 Å². The molecule has 0 saturated carbocycles. The zero-order chi connectivity index (χ0) is 25.9. The molecule has 3 aromatic rings. The summed E-state index contributed by atoms with van der Waals surface area (Å²) in [5.41, 5.74) is 2.44. The molecule has 0 N–H and O–H groups in total. The Morgan fingerprint density at radius 1 is 1.06 bits per heavy atom. The van der Waals surface area contributed by atoms with E-state index in [1.807, 2.05) is 25.1 Å². The van der Waals surface area contributed by atoms with Crippen LogP contribution >= 0.6 is 11.3 Å². The first kappa shape index (κ1) is 26.7. The van der Waals surface area contributed by atoms with E-state index in [9.17, 15) is 13.2 Å². The molecule has 9 heteroatoms. The van der Waals surface area contributed by atoms with Gasteiger partial charge < -0.3 is 4.90 Å². The number of aromatic nitrogens is 1. The molecular formula is C27H36N4O3S2. The second-order valence-electron chi connectivity index (χ2n) is 9.51. The fourth-order valence-corrected chi connectivity index (χ4v) is 7.09. The number of sulfonamides is 1. The number of nitrogens with zero attached hydrogens (tertiary/aromatic N) is 4. The summed E-state index contributed by atoms with van der Waals surface area (Å²) in [5, 5.41) is 0.663. The van der Waals surface area contributed by atoms with Crippen LogP contribution in [0.5, 0.6) is 0 Å². The van der Waals surface area contributed by atoms with Crippen LogP contribution in [0.15, 0.2) is 47.4 Å². The monoisotopic (exact) mass is 528 g/mol. The number of hydrogen-bond donors (Lipinski definition) is 0. The molecule has 1 fully saturated rings. The lowest BCUT2D eigenvalue weighted by Gasteiger charge is -2.29. The lowest BCUT2D eigenvalue weighted by Crippen LogP contribution is -2.39. The maximum absolute atomic E-state index is 13.7. The zero-order valence-corrected chi connectivity index (χ0v) is 23.2. The quantitative estimate of drug-likeness (QED) is 0.390. The van der Waals surface area contributed by atoms with Crippen molar-refractivity contribution in [3.8, 4) is 0 Å². The van der Waals surface area contributed by atoms with Crippen molar-refractivity contribution in [1.29, 1.82) is 0 Å². The van der Waals surface area contributed by atoms with Crippen LogP contribution in [0, 0.1) is 12.8 Å². The number of benzene rings is 2. The highest BCUT2D eigenvalue weighted by Crippen LogP contribution is 2.32. The summed E-state index contributed by atoms with van der Waals surface area (Å²) < 4.78 is 28.8. The number of hydrogen-bond acceptors (Lipinski definition) is 6. The number of likely N-dealkylation sites (N-methyl/N-ethyl adjacent to an activating group) is 1. The molecular weight excluding hydrogens is 492 g/mol. The number of rotatable bonds is 9. The molecule has 4 rings (SSSR count). The van der Waals surface area contributed by atoms with Crippen molar-refractivity contribution < 1.29 is 13.2 Å². The molecule has 0 spiro atoms. The van der Waals surface area contributed by atoms with Crippen LogP contribution in [-0.2, 0) is 10.0 Å². The highest BCUT2D eigenvalue weighted by molar-refractivity contribution is 7.89. The van der Waals surface area contributed by atoms with E-state index in [1.54, 1.807) is 33.5 Å². The van der Waals surface area contributed by atoms with E-state index in [4.69, 9.17) is 4.98 Å². The molecule has 1 aromatic heterocycles. The number of fused-ring (bicyclic) bond motifs is 1. The molecule has 0 atom stereocenters. The number of para-hydroxylation sites is 1. The smallest absolute Gasteiger partial charge is 0.260 e.